The van der Waals surface area contributed by atoms with Gasteiger partial charge in [0.1, 0.15) is 16.6 Å². The largest absolute Gasteiger partial charge is 0.493 e. The number of methoxy groups -OCH3 is 2. The van der Waals surface area contributed by atoms with Gasteiger partial charge in [-0.3, -0.25) is 9.36 Å². The maximum absolute atomic E-state index is 11.2. The molecule has 0 aliphatic carbocycles. The van der Waals surface area contributed by atoms with Crippen LogP contribution in [0.15, 0.2) is 51.5 Å². The highest BCUT2D eigenvalue weighted by Gasteiger charge is 2.16. The van der Waals surface area contributed by atoms with E-state index >= 15 is 0 Å². The Morgan fingerprint density at radius 1 is 1.21 bits per heavy atom. The Bertz CT molecular complexity index is 1220. The Kier molecular flexibility index (Phi) is 7.30. The summed E-state index contributed by atoms with van der Waals surface area (Å²) in [6.07, 6.45) is 2.26. The molecule has 11 heteroatoms. The van der Waals surface area contributed by atoms with Gasteiger partial charge in [-0.25, -0.2) is 4.98 Å². The van der Waals surface area contributed by atoms with Crippen molar-refractivity contribution in [3.05, 3.63) is 59.3 Å². The standard InChI is InChI=1S/C22H23N5O4S2/c1-29-17-6-5-14(10-18(17)30-2)21-24-15(12-32-21)13-33-22-26-25-20(8-7-19(23)28)27(22)11-16-4-3-9-31-16/h3-6,9-10,12H,7-8,11,13H2,1-2H3,(H2,23,28). The molecule has 9 nitrogen and oxygen atoms in total. The van der Waals surface area contributed by atoms with Gasteiger partial charge in [0, 0.05) is 29.5 Å². The normalized spacial score (nSPS) is 11.0. The van der Waals surface area contributed by atoms with Crippen LogP contribution < -0.4 is 15.2 Å². The van der Waals surface area contributed by atoms with Crippen molar-refractivity contribution in [2.45, 2.75) is 30.3 Å². The Morgan fingerprint density at radius 2 is 2.06 bits per heavy atom. The summed E-state index contributed by atoms with van der Waals surface area (Å²) in [6, 6.07) is 9.47. The van der Waals surface area contributed by atoms with Crippen LogP contribution in [0.25, 0.3) is 10.6 Å². The lowest BCUT2D eigenvalue weighted by Gasteiger charge is -2.08. The summed E-state index contributed by atoms with van der Waals surface area (Å²) in [4.78, 5) is 16.0. The van der Waals surface area contributed by atoms with Crippen molar-refractivity contribution in [2.75, 3.05) is 14.2 Å². The van der Waals surface area contributed by atoms with E-state index in [9.17, 15) is 4.79 Å². The molecule has 0 unspecified atom stereocenters. The van der Waals surface area contributed by atoms with Crippen LogP contribution in [0.5, 0.6) is 11.5 Å². The molecule has 0 fully saturated rings. The average Bonchev–Trinajstić information content (AvgIpc) is 3.58. The molecule has 0 saturated heterocycles. The lowest BCUT2D eigenvalue weighted by atomic mass is 10.2. The van der Waals surface area contributed by atoms with Crippen molar-refractivity contribution < 1.29 is 18.7 Å². The number of ether oxygens (including phenoxy) is 2. The van der Waals surface area contributed by atoms with Gasteiger partial charge in [0.15, 0.2) is 16.7 Å². The first kappa shape index (κ1) is 22.9. The first-order valence-corrected chi connectivity index (χ1v) is 12.0. The number of furan rings is 1. The van der Waals surface area contributed by atoms with Crippen molar-refractivity contribution in [3.8, 4) is 22.1 Å². The second-order valence-electron chi connectivity index (χ2n) is 7.03. The number of nitrogens with two attached hydrogens (primary N) is 1. The number of thioether (sulfide) groups is 1. The minimum Gasteiger partial charge on any atom is -0.493 e. The molecule has 172 valence electrons. The van der Waals surface area contributed by atoms with Gasteiger partial charge in [-0.05, 0) is 30.3 Å². The van der Waals surface area contributed by atoms with Crippen molar-refractivity contribution in [1.82, 2.24) is 19.7 Å². The van der Waals surface area contributed by atoms with Crippen molar-refractivity contribution in [2.24, 2.45) is 5.73 Å². The number of benzene rings is 1. The number of thiazole rings is 1. The minimum atomic E-state index is -0.373. The molecular formula is C22H23N5O4S2. The highest BCUT2D eigenvalue weighted by molar-refractivity contribution is 7.98. The topological polar surface area (TPSA) is 118 Å². The summed E-state index contributed by atoms with van der Waals surface area (Å²) in [5, 5.41) is 12.2. The van der Waals surface area contributed by atoms with E-state index in [4.69, 9.17) is 24.6 Å². The zero-order valence-corrected chi connectivity index (χ0v) is 19.8. The number of hydrogen-bond donors (Lipinski definition) is 1. The first-order chi connectivity index (χ1) is 16.1. The van der Waals surface area contributed by atoms with Gasteiger partial charge in [0.05, 0.1) is 32.7 Å². The smallest absolute Gasteiger partial charge is 0.217 e. The van der Waals surface area contributed by atoms with Gasteiger partial charge >= 0.3 is 0 Å². The second-order valence-corrected chi connectivity index (χ2v) is 8.83. The third-order valence-electron chi connectivity index (χ3n) is 4.81. The zero-order chi connectivity index (χ0) is 23.2. The maximum Gasteiger partial charge on any atom is 0.217 e. The van der Waals surface area contributed by atoms with Crippen LogP contribution >= 0.6 is 23.1 Å². The van der Waals surface area contributed by atoms with E-state index in [1.54, 1.807) is 31.8 Å². The molecule has 0 aliphatic heterocycles. The van der Waals surface area contributed by atoms with Crippen LogP contribution in [-0.2, 0) is 23.5 Å². The van der Waals surface area contributed by atoms with Crippen molar-refractivity contribution in [3.63, 3.8) is 0 Å². The highest BCUT2D eigenvalue weighted by atomic mass is 32.2. The average molecular weight is 486 g/mol. The van der Waals surface area contributed by atoms with E-state index in [2.05, 4.69) is 10.2 Å². The van der Waals surface area contributed by atoms with Crippen molar-refractivity contribution >= 4 is 29.0 Å². The van der Waals surface area contributed by atoms with Crippen LogP contribution in [0.1, 0.15) is 23.7 Å². The van der Waals surface area contributed by atoms with Crippen molar-refractivity contribution in [1.29, 1.82) is 0 Å². The lowest BCUT2D eigenvalue weighted by Crippen LogP contribution is -2.14. The predicted octanol–water partition coefficient (Wildman–Crippen LogP) is 3.77. The zero-order valence-electron chi connectivity index (χ0n) is 18.2. The number of nitrogens with zero attached hydrogens (tertiary/aromatic N) is 4. The van der Waals surface area contributed by atoms with Crippen LogP contribution in [0.3, 0.4) is 0 Å². The predicted molar refractivity (Wildman–Crippen MR) is 126 cm³/mol. The summed E-state index contributed by atoms with van der Waals surface area (Å²) in [5.74, 6) is 3.06. The molecule has 33 heavy (non-hydrogen) atoms. The van der Waals surface area contributed by atoms with E-state index in [0.717, 1.165) is 27.2 Å². The molecular weight excluding hydrogens is 462 g/mol. The molecule has 4 aromatic rings. The molecule has 2 N–H and O–H groups in total. The third kappa shape index (κ3) is 5.55. The number of aryl methyl sites for hydroxylation is 1. The molecule has 4 rings (SSSR count). The molecule has 0 aliphatic rings. The number of amides is 1. The Labute approximate surface area is 198 Å². The molecule has 3 heterocycles. The SMILES string of the molecule is COc1ccc(-c2nc(CSc3nnc(CCC(N)=O)n3Cc3ccco3)cs2)cc1OC. The number of aromatic nitrogens is 4. The Hall–Kier alpha value is -3.31. The minimum absolute atomic E-state index is 0.210. The molecule has 1 amide bonds. The first-order valence-electron chi connectivity index (χ1n) is 10.1. The highest BCUT2D eigenvalue weighted by Crippen LogP contribution is 2.34. The molecule has 0 saturated carbocycles. The molecule has 0 atom stereocenters. The summed E-state index contributed by atoms with van der Waals surface area (Å²) in [7, 11) is 3.22. The van der Waals surface area contributed by atoms with E-state index in [0.29, 0.717) is 36.0 Å². The van der Waals surface area contributed by atoms with Crippen LogP contribution in [0.2, 0.25) is 0 Å². The molecule has 0 spiro atoms. The van der Waals surface area contributed by atoms with Gasteiger partial charge in [0.2, 0.25) is 5.91 Å². The summed E-state index contributed by atoms with van der Waals surface area (Å²) < 4.78 is 18.1. The maximum atomic E-state index is 11.2. The van der Waals surface area contributed by atoms with E-state index in [1.807, 2.05) is 40.3 Å². The van der Waals surface area contributed by atoms with Gasteiger partial charge in [-0.1, -0.05) is 11.8 Å². The van der Waals surface area contributed by atoms with E-state index in [1.165, 1.54) is 11.8 Å². The van der Waals surface area contributed by atoms with Gasteiger partial charge in [0.25, 0.3) is 0 Å². The van der Waals surface area contributed by atoms with Gasteiger partial charge < -0.3 is 19.6 Å². The van der Waals surface area contributed by atoms with Crippen LogP contribution in [0.4, 0.5) is 0 Å². The Balaban J connectivity index is 1.49. The number of rotatable bonds is 11. The fraction of sp³-hybridized carbons (Fsp3) is 0.273. The lowest BCUT2D eigenvalue weighted by molar-refractivity contribution is -0.118. The molecule has 0 radical (unpaired) electrons. The number of carbonyl (C=O) groups is 1. The third-order valence-corrected chi connectivity index (χ3v) is 6.75. The Morgan fingerprint density at radius 3 is 2.79 bits per heavy atom. The summed E-state index contributed by atoms with van der Waals surface area (Å²) in [6.45, 7) is 0.477. The monoisotopic (exact) mass is 485 g/mol. The van der Waals surface area contributed by atoms with Crippen LogP contribution in [-0.4, -0.2) is 39.9 Å². The van der Waals surface area contributed by atoms with E-state index < -0.39 is 0 Å². The number of primary amides is 1. The number of carbonyl (C=O) groups excluding carboxylic acids is 1. The fourth-order valence-corrected chi connectivity index (χ4v) is 4.95. The summed E-state index contributed by atoms with van der Waals surface area (Å²) >= 11 is 3.10. The van der Waals surface area contributed by atoms with Gasteiger partial charge in [-0.15, -0.1) is 21.5 Å². The second kappa shape index (κ2) is 10.5. The fourth-order valence-electron chi connectivity index (χ4n) is 3.18. The van der Waals surface area contributed by atoms with E-state index in [-0.39, 0.29) is 12.3 Å². The molecule has 1 aromatic carbocycles. The van der Waals surface area contributed by atoms with Gasteiger partial charge in [-0.2, -0.15) is 0 Å². The molecule has 3 aromatic heterocycles. The van der Waals surface area contributed by atoms with Crippen LogP contribution in [0, 0.1) is 0 Å². The quantitative estimate of drug-likeness (QED) is 0.319. The summed E-state index contributed by atoms with van der Waals surface area (Å²) in [5.41, 5.74) is 7.20. The molecule has 0 bridgehead atoms. The number of hydrogen-bond acceptors (Lipinski definition) is 9.